The fraction of sp³-hybridized carbons (Fsp3) is 0.333. The van der Waals surface area contributed by atoms with E-state index in [-0.39, 0.29) is 10.9 Å². The summed E-state index contributed by atoms with van der Waals surface area (Å²) >= 11 is 5.65. The zero-order valence-electron chi connectivity index (χ0n) is 11.1. The van der Waals surface area contributed by atoms with Crippen LogP contribution in [0, 0.1) is 17.8 Å². The van der Waals surface area contributed by atoms with Gasteiger partial charge < -0.3 is 0 Å². The van der Waals surface area contributed by atoms with Gasteiger partial charge in [-0.3, -0.25) is 4.79 Å². The van der Waals surface area contributed by atoms with Gasteiger partial charge >= 0.3 is 0 Å². The van der Waals surface area contributed by atoms with Crippen molar-refractivity contribution < 1.29 is 9.18 Å². The van der Waals surface area contributed by atoms with Crippen LogP contribution in [0.1, 0.15) is 38.2 Å². The van der Waals surface area contributed by atoms with Crippen LogP contribution in [0.15, 0.2) is 23.3 Å². The maximum atomic E-state index is 13.5. The monoisotopic (exact) mass is 292 g/mol. The molecule has 1 aliphatic rings. The molecule has 1 heterocycles. The van der Waals surface area contributed by atoms with Crippen LogP contribution in [0.5, 0.6) is 0 Å². The molecule has 0 aliphatic carbocycles. The van der Waals surface area contributed by atoms with E-state index >= 15 is 0 Å². The molecule has 1 aromatic carbocycles. The maximum absolute atomic E-state index is 13.5. The second-order valence-corrected chi connectivity index (χ2v) is 4.83. The highest BCUT2D eigenvalue weighted by Gasteiger charge is 2.20. The summed E-state index contributed by atoms with van der Waals surface area (Å²) in [7, 11) is 0. The summed E-state index contributed by atoms with van der Waals surface area (Å²) < 4.78 is 13.5. The first kappa shape index (κ1) is 14.5. The van der Waals surface area contributed by atoms with Gasteiger partial charge in [0, 0.05) is 30.9 Å². The average Bonchev–Trinajstić information content (AvgIpc) is 2.44. The first-order valence-electron chi connectivity index (χ1n) is 6.46. The van der Waals surface area contributed by atoms with E-state index in [0.29, 0.717) is 30.5 Å². The number of rotatable bonds is 2. The van der Waals surface area contributed by atoms with Crippen LogP contribution in [0.3, 0.4) is 0 Å². The van der Waals surface area contributed by atoms with E-state index in [2.05, 4.69) is 17.1 Å². The number of carbonyl (C=O) groups is 1. The number of hydrogen-bond donors (Lipinski definition) is 0. The van der Waals surface area contributed by atoms with Crippen molar-refractivity contribution in [1.29, 1.82) is 0 Å². The van der Waals surface area contributed by atoms with Crippen molar-refractivity contribution in [2.24, 2.45) is 5.10 Å². The fourth-order valence-electron chi connectivity index (χ4n) is 1.78. The highest BCUT2D eigenvalue weighted by molar-refractivity contribution is 6.30. The minimum absolute atomic E-state index is 0.0702. The number of hydrogen-bond acceptors (Lipinski definition) is 2. The van der Waals surface area contributed by atoms with Gasteiger partial charge in [0.05, 0.1) is 10.7 Å². The Balaban J connectivity index is 2.27. The summed E-state index contributed by atoms with van der Waals surface area (Å²) in [6.45, 7) is 2.01. The molecule has 5 heteroatoms. The van der Waals surface area contributed by atoms with Gasteiger partial charge in [0.15, 0.2) is 0 Å². The number of hydrazone groups is 1. The third kappa shape index (κ3) is 3.37. The van der Waals surface area contributed by atoms with Crippen LogP contribution in [0.25, 0.3) is 0 Å². The number of unbranched alkanes of at least 4 members (excludes halogenated alkanes) is 1. The number of carbonyl (C=O) groups excluding carboxylic acids is 1. The molecule has 0 saturated carbocycles. The van der Waals surface area contributed by atoms with Crippen molar-refractivity contribution in [3.05, 3.63) is 34.6 Å². The van der Waals surface area contributed by atoms with Gasteiger partial charge in [-0.15, -0.1) is 0 Å². The quantitative estimate of drug-likeness (QED) is 0.767. The third-order valence-electron chi connectivity index (χ3n) is 2.85. The summed E-state index contributed by atoms with van der Waals surface area (Å²) in [5, 5.41) is 5.42. The number of benzene rings is 1. The van der Waals surface area contributed by atoms with Crippen molar-refractivity contribution in [3.63, 3.8) is 0 Å². The molecular weight excluding hydrogens is 279 g/mol. The standard InChI is InChI=1S/C15H14ClFN2O/c1-2-3-4-9-19-15(20)8-7-14(18-19)11-5-6-12(16)13(17)10-11/h5-6,10H,2-3,7-8H2,1H3. The lowest BCUT2D eigenvalue weighted by Crippen LogP contribution is -2.28. The molecule has 3 nitrogen and oxygen atoms in total. The first-order chi connectivity index (χ1) is 9.61. The Morgan fingerprint density at radius 1 is 1.45 bits per heavy atom. The number of nitrogens with zero attached hydrogens (tertiary/aromatic N) is 2. The Bertz CT molecular complexity index is 616. The zero-order chi connectivity index (χ0) is 14.5. The van der Waals surface area contributed by atoms with Crippen LogP contribution < -0.4 is 0 Å². The highest BCUT2D eigenvalue weighted by Crippen LogP contribution is 2.20. The fourth-order valence-corrected chi connectivity index (χ4v) is 1.90. The third-order valence-corrected chi connectivity index (χ3v) is 3.15. The minimum atomic E-state index is -0.493. The van der Waals surface area contributed by atoms with E-state index in [9.17, 15) is 9.18 Å². The van der Waals surface area contributed by atoms with Crippen LogP contribution >= 0.6 is 11.6 Å². The van der Waals surface area contributed by atoms with Crippen molar-refractivity contribution in [2.75, 3.05) is 0 Å². The second-order valence-electron chi connectivity index (χ2n) is 4.42. The van der Waals surface area contributed by atoms with Crippen LogP contribution in [-0.4, -0.2) is 16.6 Å². The number of amides is 1. The topological polar surface area (TPSA) is 32.7 Å². The molecule has 0 unspecified atom stereocenters. The molecule has 20 heavy (non-hydrogen) atoms. The average molecular weight is 293 g/mol. The highest BCUT2D eigenvalue weighted by atomic mass is 35.5. The molecule has 0 N–H and O–H groups in total. The molecule has 0 saturated heterocycles. The Morgan fingerprint density at radius 3 is 2.95 bits per heavy atom. The first-order valence-corrected chi connectivity index (χ1v) is 6.84. The van der Waals surface area contributed by atoms with Crippen molar-refractivity contribution >= 4 is 23.2 Å². The zero-order valence-corrected chi connectivity index (χ0v) is 11.9. The molecule has 0 radical (unpaired) electrons. The Labute approximate surface area is 122 Å². The van der Waals surface area contributed by atoms with Crippen LogP contribution in [0.2, 0.25) is 5.02 Å². The van der Waals surface area contributed by atoms with Gasteiger partial charge in [-0.05, 0) is 18.6 Å². The maximum Gasteiger partial charge on any atom is 0.255 e. The lowest BCUT2D eigenvalue weighted by molar-refractivity contribution is -0.128. The summed E-state index contributed by atoms with van der Waals surface area (Å²) in [6.07, 6.45) is 2.44. The normalized spacial score (nSPS) is 14.7. The van der Waals surface area contributed by atoms with Gasteiger partial charge in [0.2, 0.25) is 0 Å². The Morgan fingerprint density at radius 2 is 2.25 bits per heavy atom. The van der Waals surface area contributed by atoms with Gasteiger partial charge in [-0.25, -0.2) is 4.39 Å². The summed E-state index contributed by atoms with van der Waals surface area (Å²) in [5.74, 6) is 2.25. The SMILES string of the molecule is CCCC#CN1N=C(c2ccc(Cl)c(F)c2)CCC1=O. The van der Waals surface area contributed by atoms with Gasteiger partial charge in [0.1, 0.15) is 5.82 Å². The molecule has 2 rings (SSSR count). The molecular formula is C15H14ClFN2O. The molecule has 1 aliphatic heterocycles. The predicted molar refractivity (Wildman–Crippen MR) is 76.7 cm³/mol. The largest absolute Gasteiger partial charge is 0.272 e. The van der Waals surface area contributed by atoms with Crippen LogP contribution in [0.4, 0.5) is 4.39 Å². The van der Waals surface area contributed by atoms with Crippen LogP contribution in [-0.2, 0) is 4.79 Å². The molecule has 0 atom stereocenters. The molecule has 1 amide bonds. The second kappa shape index (κ2) is 6.53. The van der Waals surface area contributed by atoms with Crippen molar-refractivity contribution in [1.82, 2.24) is 5.01 Å². The summed E-state index contributed by atoms with van der Waals surface area (Å²) in [5.41, 5.74) is 1.27. The molecule has 0 spiro atoms. The smallest absolute Gasteiger partial charge is 0.255 e. The van der Waals surface area contributed by atoms with Gasteiger partial charge in [-0.1, -0.05) is 30.5 Å². The van der Waals surface area contributed by atoms with Gasteiger partial charge in [0.25, 0.3) is 5.91 Å². The van der Waals surface area contributed by atoms with E-state index < -0.39 is 5.82 Å². The predicted octanol–water partition coefficient (Wildman–Crippen LogP) is 3.57. The number of halogens is 2. The van der Waals surface area contributed by atoms with Crippen molar-refractivity contribution in [3.8, 4) is 12.0 Å². The summed E-state index contributed by atoms with van der Waals surface area (Å²) in [4.78, 5) is 11.7. The molecule has 0 aromatic heterocycles. The molecule has 0 fully saturated rings. The Kier molecular flexibility index (Phi) is 4.75. The van der Waals surface area contributed by atoms with Crippen molar-refractivity contribution in [2.45, 2.75) is 32.6 Å². The lowest BCUT2D eigenvalue weighted by Gasteiger charge is -2.18. The van der Waals surface area contributed by atoms with E-state index in [4.69, 9.17) is 11.6 Å². The van der Waals surface area contributed by atoms with E-state index in [1.54, 1.807) is 6.07 Å². The van der Waals surface area contributed by atoms with E-state index in [1.165, 1.54) is 12.1 Å². The minimum Gasteiger partial charge on any atom is -0.272 e. The van der Waals surface area contributed by atoms with Gasteiger partial charge in [-0.2, -0.15) is 10.1 Å². The molecule has 104 valence electrons. The molecule has 0 bridgehead atoms. The molecule has 1 aromatic rings. The van der Waals surface area contributed by atoms with E-state index in [0.717, 1.165) is 11.4 Å². The summed E-state index contributed by atoms with van der Waals surface area (Å²) in [6, 6.07) is 7.23. The lowest BCUT2D eigenvalue weighted by atomic mass is 10.0. The van der Waals surface area contributed by atoms with E-state index in [1.807, 2.05) is 6.92 Å². The Hall–Kier alpha value is -1.86.